The molecule has 1 N–H and O–H groups in total. The molecule has 1 aliphatic rings. The van der Waals surface area contributed by atoms with Crippen LogP contribution in [0.2, 0.25) is 0 Å². The molecule has 2 aromatic rings. The number of pyridine rings is 1. The lowest BCUT2D eigenvalue weighted by Crippen LogP contribution is -2.39. The Morgan fingerprint density at radius 2 is 2.43 bits per heavy atom. The molecule has 1 atom stereocenters. The number of aryl methyl sites for hydroxylation is 1. The molecule has 3 heterocycles. The summed E-state index contributed by atoms with van der Waals surface area (Å²) in [7, 11) is 0. The molecule has 0 aliphatic carbocycles. The largest absolute Gasteiger partial charge is 0.359 e. The number of hydrogen-bond acceptors (Lipinski definition) is 4. The number of nitrogens with one attached hydrogen (secondary N) is 1. The predicted octanol–water partition coefficient (Wildman–Crippen LogP) is 2.42. The van der Waals surface area contributed by atoms with Crippen molar-refractivity contribution in [2.24, 2.45) is 0 Å². The van der Waals surface area contributed by atoms with Crippen LogP contribution in [0.4, 0.5) is 4.79 Å². The van der Waals surface area contributed by atoms with Gasteiger partial charge in [0.25, 0.3) is 0 Å². The number of hydrogen-bond donors (Lipinski definition) is 1. The van der Waals surface area contributed by atoms with E-state index in [0.29, 0.717) is 6.54 Å². The molecule has 1 fully saturated rings. The van der Waals surface area contributed by atoms with E-state index in [1.807, 2.05) is 36.1 Å². The third-order valence-electron chi connectivity index (χ3n) is 3.64. The van der Waals surface area contributed by atoms with Crippen molar-refractivity contribution in [2.45, 2.75) is 32.4 Å². The Labute approximate surface area is 123 Å². The van der Waals surface area contributed by atoms with Gasteiger partial charge in [-0.05, 0) is 31.9 Å². The fourth-order valence-corrected chi connectivity index (χ4v) is 2.62. The molecule has 3 rings (SSSR count). The van der Waals surface area contributed by atoms with E-state index in [-0.39, 0.29) is 12.1 Å². The number of carbonyl (C=O) groups is 1. The molecule has 0 saturated carbocycles. The van der Waals surface area contributed by atoms with Crippen molar-refractivity contribution < 1.29 is 9.32 Å². The number of likely N-dealkylation sites (tertiary alicyclic amines) is 1. The first kappa shape index (κ1) is 13.6. The zero-order chi connectivity index (χ0) is 14.7. The van der Waals surface area contributed by atoms with E-state index in [1.165, 1.54) is 0 Å². The smallest absolute Gasteiger partial charge is 0.318 e. The van der Waals surface area contributed by atoms with Gasteiger partial charge >= 0.3 is 6.03 Å². The first-order valence-corrected chi connectivity index (χ1v) is 7.11. The second kappa shape index (κ2) is 5.95. The maximum Gasteiger partial charge on any atom is 0.318 e. The van der Waals surface area contributed by atoms with Gasteiger partial charge in [-0.25, -0.2) is 4.79 Å². The van der Waals surface area contributed by atoms with E-state index in [0.717, 1.165) is 36.5 Å². The zero-order valence-corrected chi connectivity index (χ0v) is 12.0. The van der Waals surface area contributed by atoms with Crippen LogP contribution >= 0.6 is 0 Å². The van der Waals surface area contributed by atoms with Gasteiger partial charge in [-0.2, -0.15) is 0 Å². The topological polar surface area (TPSA) is 71.3 Å². The molecule has 21 heavy (non-hydrogen) atoms. The molecule has 6 nitrogen and oxygen atoms in total. The summed E-state index contributed by atoms with van der Waals surface area (Å²) in [4.78, 5) is 18.3. The van der Waals surface area contributed by atoms with Crippen molar-refractivity contribution in [1.29, 1.82) is 0 Å². The predicted molar refractivity (Wildman–Crippen MR) is 76.4 cm³/mol. The summed E-state index contributed by atoms with van der Waals surface area (Å²) in [6.45, 7) is 3.05. The van der Waals surface area contributed by atoms with Crippen LogP contribution in [-0.2, 0) is 6.54 Å². The van der Waals surface area contributed by atoms with E-state index in [9.17, 15) is 4.79 Å². The second-order valence-electron chi connectivity index (χ2n) is 5.20. The Bertz CT molecular complexity index is 611. The fraction of sp³-hybridized carbons (Fsp3) is 0.400. The Morgan fingerprint density at radius 1 is 1.52 bits per heavy atom. The van der Waals surface area contributed by atoms with Gasteiger partial charge in [-0.3, -0.25) is 4.98 Å². The van der Waals surface area contributed by atoms with Crippen LogP contribution < -0.4 is 5.32 Å². The SMILES string of the molecule is Cc1cc([C@H]2CCCN2C(=O)NCc2ccccn2)on1. The van der Waals surface area contributed by atoms with Crippen molar-refractivity contribution in [3.63, 3.8) is 0 Å². The van der Waals surface area contributed by atoms with E-state index < -0.39 is 0 Å². The van der Waals surface area contributed by atoms with Crippen molar-refractivity contribution >= 4 is 6.03 Å². The van der Waals surface area contributed by atoms with Crippen LogP contribution in [0.1, 0.15) is 36.0 Å². The lowest BCUT2D eigenvalue weighted by molar-refractivity contribution is 0.182. The van der Waals surface area contributed by atoms with Crippen molar-refractivity contribution in [3.05, 3.63) is 47.6 Å². The highest BCUT2D eigenvalue weighted by molar-refractivity contribution is 5.75. The van der Waals surface area contributed by atoms with E-state index in [4.69, 9.17) is 4.52 Å². The van der Waals surface area contributed by atoms with E-state index in [1.54, 1.807) is 6.20 Å². The number of carbonyl (C=O) groups excluding carboxylic acids is 1. The number of nitrogens with zero attached hydrogens (tertiary/aromatic N) is 3. The maximum atomic E-state index is 12.3. The highest BCUT2D eigenvalue weighted by atomic mass is 16.5. The number of aromatic nitrogens is 2. The average molecular weight is 286 g/mol. The summed E-state index contributed by atoms with van der Waals surface area (Å²) in [5.41, 5.74) is 1.68. The van der Waals surface area contributed by atoms with Gasteiger partial charge in [-0.15, -0.1) is 0 Å². The van der Waals surface area contributed by atoms with Crippen molar-refractivity contribution in [1.82, 2.24) is 20.4 Å². The van der Waals surface area contributed by atoms with E-state index >= 15 is 0 Å². The number of rotatable bonds is 3. The molecule has 2 aromatic heterocycles. The van der Waals surface area contributed by atoms with Gasteiger partial charge in [0.1, 0.15) is 0 Å². The Kier molecular flexibility index (Phi) is 3.85. The molecule has 0 spiro atoms. The highest BCUT2D eigenvalue weighted by Crippen LogP contribution is 2.32. The monoisotopic (exact) mass is 286 g/mol. The normalized spacial score (nSPS) is 18.0. The lowest BCUT2D eigenvalue weighted by atomic mass is 10.1. The quantitative estimate of drug-likeness (QED) is 0.940. The van der Waals surface area contributed by atoms with E-state index in [2.05, 4.69) is 15.5 Å². The van der Waals surface area contributed by atoms with Crippen LogP contribution in [-0.4, -0.2) is 27.6 Å². The molecule has 1 saturated heterocycles. The first-order valence-electron chi connectivity index (χ1n) is 7.11. The number of urea groups is 1. The molecule has 0 radical (unpaired) electrons. The van der Waals surface area contributed by atoms with Crippen LogP contribution in [0.25, 0.3) is 0 Å². The van der Waals surface area contributed by atoms with Gasteiger partial charge in [0, 0.05) is 18.8 Å². The first-order chi connectivity index (χ1) is 10.2. The summed E-state index contributed by atoms with van der Waals surface area (Å²) in [5, 5.41) is 6.82. The minimum Gasteiger partial charge on any atom is -0.359 e. The third kappa shape index (κ3) is 3.04. The summed E-state index contributed by atoms with van der Waals surface area (Å²) in [6.07, 6.45) is 3.60. The summed E-state index contributed by atoms with van der Waals surface area (Å²) >= 11 is 0. The summed E-state index contributed by atoms with van der Waals surface area (Å²) in [6, 6.07) is 7.45. The molecule has 6 heteroatoms. The Morgan fingerprint density at radius 3 is 3.14 bits per heavy atom. The Hall–Kier alpha value is -2.37. The molecule has 110 valence electrons. The van der Waals surface area contributed by atoms with Crippen LogP contribution in [0.15, 0.2) is 35.0 Å². The standard InChI is InChI=1S/C15H18N4O2/c1-11-9-14(21-18-11)13-6-4-8-19(13)15(20)17-10-12-5-2-3-7-16-12/h2-3,5,7,9,13H,4,6,8,10H2,1H3,(H,17,20)/t13-/m1/s1. The highest BCUT2D eigenvalue weighted by Gasteiger charge is 2.32. The molecule has 0 aromatic carbocycles. The van der Waals surface area contributed by atoms with Gasteiger partial charge in [0.05, 0.1) is 24.0 Å². The maximum absolute atomic E-state index is 12.3. The van der Waals surface area contributed by atoms with Gasteiger partial charge in [0.15, 0.2) is 5.76 Å². The van der Waals surface area contributed by atoms with Gasteiger partial charge in [0.2, 0.25) is 0 Å². The van der Waals surface area contributed by atoms with Crippen LogP contribution in [0, 0.1) is 6.92 Å². The minimum atomic E-state index is -0.0859. The van der Waals surface area contributed by atoms with Gasteiger partial charge in [-0.1, -0.05) is 11.2 Å². The second-order valence-corrected chi connectivity index (χ2v) is 5.20. The number of amides is 2. The summed E-state index contributed by atoms with van der Waals surface area (Å²) < 4.78 is 5.31. The van der Waals surface area contributed by atoms with Gasteiger partial charge < -0.3 is 14.7 Å². The molecule has 2 amide bonds. The average Bonchev–Trinajstić information content (AvgIpc) is 3.14. The van der Waals surface area contributed by atoms with Crippen molar-refractivity contribution in [3.8, 4) is 0 Å². The molecule has 0 bridgehead atoms. The third-order valence-corrected chi connectivity index (χ3v) is 3.64. The Balaban J connectivity index is 1.63. The molecule has 0 unspecified atom stereocenters. The van der Waals surface area contributed by atoms with Crippen molar-refractivity contribution in [2.75, 3.05) is 6.54 Å². The van der Waals surface area contributed by atoms with Crippen LogP contribution in [0.5, 0.6) is 0 Å². The molecular formula is C15H18N4O2. The summed E-state index contributed by atoms with van der Waals surface area (Å²) in [5.74, 6) is 0.762. The lowest BCUT2D eigenvalue weighted by Gasteiger charge is -2.22. The zero-order valence-electron chi connectivity index (χ0n) is 12.0. The van der Waals surface area contributed by atoms with Crippen LogP contribution in [0.3, 0.4) is 0 Å². The molecular weight excluding hydrogens is 268 g/mol. The minimum absolute atomic E-state index is 0.0186. The fourth-order valence-electron chi connectivity index (χ4n) is 2.62. The molecule has 1 aliphatic heterocycles.